The molecule has 1 aliphatic rings. The molecule has 0 spiro atoms. The van der Waals surface area contributed by atoms with Gasteiger partial charge in [-0.2, -0.15) is 0 Å². The van der Waals surface area contributed by atoms with Crippen LogP contribution in [0.5, 0.6) is 0 Å². The lowest BCUT2D eigenvalue weighted by atomic mass is 10.1. The molecule has 1 N–H and O–H groups in total. The predicted octanol–water partition coefficient (Wildman–Crippen LogP) is 6.30. The normalized spacial score (nSPS) is 17.8. The summed E-state index contributed by atoms with van der Waals surface area (Å²) in [4.78, 5) is 9.96. The van der Waals surface area contributed by atoms with Gasteiger partial charge in [0.2, 0.25) is 0 Å². The third-order valence-electron chi connectivity index (χ3n) is 5.67. The van der Waals surface area contributed by atoms with E-state index in [9.17, 15) is 0 Å². The average Bonchev–Trinajstić information content (AvgIpc) is 3.11. The van der Waals surface area contributed by atoms with Gasteiger partial charge in [-0.1, -0.05) is 61.3 Å². The molecule has 3 aromatic rings. The molecular weight excluding hydrogens is 417 g/mol. The molecule has 4 rings (SSSR count). The third kappa shape index (κ3) is 3.92. The molecule has 0 bridgehead atoms. The number of methoxy groups -OCH3 is 1. The Morgan fingerprint density at radius 3 is 2.50 bits per heavy atom. The van der Waals surface area contributed by atoms with E-state index < -0.39 is 0 Å². The maximum Gasteiger partial charge on any atom is 0.148 e. The Hall–Kier alpha value is -2.14. The van der Waals surface area contributed by atoms with Crippen molar-refractivity contribution in [2.45, 2.75) is 45.3 Å². The highest BCUT2D eigenvalue weighted by atomic mass is 35.5. The van der Waals surface area contributed by atoms with Crippen LogP contribution in [0.1, 0.15) is 42.4 Å². The molecule has 0 saturated heterocycles. The Morgan fingerprint density at radius 2 is 1.80 bits per heavy atom. The van der Waals surface area contributed by atoms with Gasteiger partial charge in [0.15, 0.2) is 0 Å². The van der Waals surface area contributed by atoms with Crippen molar-refractivity contribution in [2.75, 3.05) is 12.4 Å². The molecule has 1 heterocycles. The number of nitrogens with zero attached hydrogens (tertiary/aromatic N) is 2. The number of fused-ring (bicyclic) bond motifs is 1. The zero-order valence-electron chi connectivity index (χ0n) is 17.4. The number of aromatic nitrogens is 2. The Morgan fingerprint density at radius 1 is 1.03 bits per heavy atom. The van der Waals surface area contributed by atoms with Gasteiger partial charge in [-0.25, -0.2) is 9.97 Å². The second kappa shape index (κ2) is 8.93. The molecule has 6 heteroatoms. The highest BCUT2D eigenvalue weighted by molar-refractivity contribution is 6.36. The van der Waals surface area contributed by atoms with Gasteiger partial charge in [0.1, 0.15) is 5.82 Å². The summed E-state index contributed by atoms with van der Waals surface area (Å²) in [6, 6.07) is 14.0. The minimum absolute atomic E-state index is 0.0421. The first kappa shape index (κ1) is 21.1. The number of rotatable bonds is 6. The van der Waals surface area contributed by atoms with Gasteiger partial charge in [0, 0.05) is 24.1 Å². The number of hydrogen-bond acceptors (Lipinski definition) is 4. The van der Waals surface area contributed by atoms with Crippen LogP contribution in [0.2, 0.25) is 10.0 Å². The molecule has 0 aliphatic heterocycles. The molecular formula is C24H25Cl2N3O. The minimum atomic E-state index is 0.0421. The molecule has 1 aromatic heterocycles. The van der Waals surface area contributed by atoms with E-state index in [1.54, 1.807) is 13.2 Å². The standard InChI is InChI=1S/C24H25Cl2N3O/c1-4-19-22(17-11-10-15(25)13-18(17)26)27-20(5-2)24(28-19)29-23-16-9-7-6-8-14(16)12-21(23)30-3/h6-11,13,21,23H,4-5,12H2,1-3H3,(H,28,29)/t21?,23-/m1/s1. The second-order valence-electron chi connectivity index (χ2n) is 7.44. The number of halogens is 2. The van der Waals surface area contributed by atoms with E-state index in [0.29, 0.717) is 10.0 Å². The summed E-state index contributed by atoms with van der Waals surface area (Å²) in [5.74, 6) is 0.812. The van der Waals surface area contributed by atoms with E-state index >= 15 is 0 Å². The van der Waals surface area contributed by atoms with Gasteiger partial charge in [0.25, 0.3) is 0 Å². The quantitative estimate of drug-likeness (QED) is 0.487. The number of aryl methyl sites for hydroxylation is 2. The maximum absolute atomic E-state index is 6.48. The Labute approximate surface area is 187 Å². The summed E-state index contributed by atoms with van der Waals surface area (Å²) in [7, 11) is 1.76. The maximum atomic E-state index is 6.48. The molecule has 0 amide bonds. The first-order valence-corrected chi connectivity index (χ1v) is 11.0. The van der Waals surface area contributed by atoms with Crippen LogP contribution in [-0.2, 0) is 24.0 Å². The zero-order valence-corrected chi connectivity index (χ0v) is 18.9. The molecule has 4 nitrogen and oxygen atoms in total. The average molecular weight is 442 g/mol. The van der Waals surface area contributed by atoms with Gasteiger partial charge in [-0.15, -0.1) is 0 Å². The van der Waals surface area contributed by atoms with E-state index in [1.807, 2.05) is 12.1 Å². The SMILES string of the molecule is CCc1nc(-c2ccc(Cl)cc2Cl)c(CC)nc1N[C@@H]1c2ccccc2CC1OC. The lowest BCUT2D eigenvalue weighted by Gasteiger charge is -2.23. The Kier molecular flexibility index (Phi) is 6.28. The number of benzene rings is 2. The van der Waals surface area contributed by atoms with E-state index in [2.05, 4.69) is 43.4 Å². The van der Waals surface area contributed by atoms with E-state index in [4.69, 9.17) is 37.9 Å². The Balaban J connectivity index is 1.76. The summed E-state index contributed by atoms with van der Waals surface area (Å²) < 4.78 is 5.79. The fourth-order valence-electron chi connectivity index (χ4n) is 4.11. The van der Waals surface area contributed by atoms with Crippen molar-refractivity contribution in [3.8, 4) is 11.3 Å². The zero-order chi connectivity index (χ0) is 21.3. The van der Waals surface area contributed by atoms with Crippen LogP contribution in [0, 0.1) is 0 Å². The Bertz CT molecular complexity index is 1070. The highest BCUT2D eigenvalue weighted by Crippen LogP contribution is 2.37. The van der Waals surface area contributed by atoms with Crippen LogP contribution in [0.4, 0.5) is 5.82 Å². The topological polar surface area (TPSA) is 47.0 Å². The molecule has 2 aromatic carbocycles. The lowest BCUT2D eigenvalue weighted by molar-refractivity contribution is 0.0959. The van der Waals surface area contributed by atoms with Gasteiger partial charge < -0.3 is 10.1 Å². The molecule has 0 radical (unpaired) electrons. The van der Waals surface area contributed by atoms with Crippen molar-refractivity contribution in [3.05, 3.63) is 75.0 Å². The molecule has 1 unspecified atom stereocenters. The monoisotopic (exact) mass is 441 g/mol. The van der Waals surface area contributed by atoms with Crippen LogP contribution in [0.3, 0.4) is 0 Å². The summed E-state index contributed by atoms with van der Waals surface area (Å²) >= 11 is 12.6. The summed E-state index contributed by atoms with van der Waals surface area (Å²) in [5.41, 5.74) is 6.06. The van der Waals surface area contributed by atoms with Crippen molar-refractivity contribution < 1.29 is 4.74 Å². The van der Waals surface area contributed by atoms with Crippen LogP contribution in [-0.4, -0.2) is 23.2 Å². The van der Waals surface area contributed by atoms with Gasteiger partial charge in [-0.3, -0.25) is 0 Å². The number of anilines is 1. The number of ether oxygens (including phenoxy) is 1. The number of hydrogen-bond donors (Lipinski definition) is 1. The van der Waals surface area contributed by atoms with Crippen molar-refractivity contribution in [1.82, 2.24) is 9.97 Å². The summed E-state index contributed by atoms with van der Waals surface area (Å²) in [5, 5.41) is 4.83. The minimum Gasteiger partial charge on any atom is -0.379 e. The fourth-order valence-corrected chi connectivity index (χ4v) is 4.60. The van der Waals surface area contributed by atoms with Crippen molar-refractivity contribution in [1.29, 1.82) is 0 Å². The van der Waals surface area contributed by atoms with E-state index in [1.165, 1.54) is 11.1 Å². The van der Waals surface area contributed by atoms with Crippen LogP contribution in [0.15, 0.2) is 42.5 Å². The molecule has 156 valence electrons. The van der Waals surface area contributed by atoms with Gasteiger partial charge >= 0.3 is 0 Å². The fraction of sp³-hybridized carbons (Fsp3) is 0.333. The molecule has 1 aliphatic carbocycles. The largest absolute Gasteiger partial charge is 0.379 e. The van der Waals surface area contributed by atoms with Crippen molar-refractivity contribution in [2.24, 2.45) is 0 Å². The second-order valence-corrected chi connectivity index (χ2v) is 8.29. The highest BCUT2D eigenvalue weighted by Gasteiger charge is 2.33. The number of nitrogens with one attached hydrogen (secondary N) is 1. The van der Waals surface area contributed by atoms with E-state index in [-0.39, 0.29) is 12.1 Å². The predicted molar refractivity (Wildman–Crippen MR) is 124 cm³/mol. The van der Waals surface area contributed by atoms with E-state index in [0.717, 1.165) is 47.7 Å². The summed E-state index contributed by atoms with van der Waals surface area (Å²) in [6.07, 6.45) is 2.45. The third-order valence-corrected chi connectivity index (χ3v) is 6.22. The van der Waals surface area contributed by atoms with Gasteiger partial charge in [-0.05, 0) is 42.2 Å². The van der Waals surface area contributed by atoms with Crippen LogP contribution >= 0.6 is 23.2 Å². The summed E-state index contributed by atoms with van der Waals surface area (Å²) in [6.45, 7) is 4.17. The van der Waals surface area contributed by atoms with Gasteiger partial charge in [0.05, 0.1) is 34.3 Å². The molecule has 0 fully saturated rings. The van der Waals surface area contributed by atoms with Crippen LogP contribution < -0.4 is 5.32 Å². The van der Waals surface area contributed by atoms with Crippen molar-refractivity contribution >= 4 is 29.0 Å². The molecule has 30 heavy (non-hydrogen) atoms. The van der Waals surface area contributed by atoms with Crippen LogP contribution in [0.25, 0.3) is 11.3 Å². The smallest absolute Gasteiger partial charge is 0.148 e. The lowest BCUT2D eigenvalue weighted by Crippen LogP contribution is -2.25. The molecule has 0 saturated carbocycles. The first-order valence-electron chi connectivity index (χ1n) is 10.3. The van der Waals surface area contributed by atoms with Crippen molar-refractivity contribution in [3.63, 3.8) is 0 Å². The molecule has 2 atom stereocenters. The first-order chi connectivity index (χ1) is 14.5.